The molecular formula is C14H19ClN2O3. The molecule has 0 spiro atoms. The number of aromatic nitrogens is 1. The maximum absolute atomic E-state index is 11.8. The average molecular weight is 299 g/mol. The lowest BCUT2D eigenvalue weighted by atomic mass is 10.2. The summed E-state index contributed by atoms with van der Waals surface area (Å²) in [5.41, 5.74) is 0.451. The predicted molar refractivity (Wildman–Crippen MR) is 77.1 cm³/mol. The second kappa shape index (κ2) is 6.79. The van der Waals surface area contributed by atoms with Crippen molar-refractivity contribution < 1.29 is 9.53 Å². The number of hydrogen-bond donors (Lipinski definition) is 1. The van der Waals surface area contributed by atoms with Crippen LogP contribution in [0.25, 0.3) is 0 Å². The molecule has 0 radical (unpaired) electrons. The van der Waals surface area contributed by atoms with Crippen molar-refractivity contribution in [3.05, 3.63) is 28.2 Å². The second-order valence-electron chi connectivity index (χ2n) is 5.08. The van der Waals surface area contributed by atoms with E-state index < -0.39 is 0 Å². The Labute approximate surface area is 122 Å². The number of hydrogen-bond acceptors (Lipinski definition) is 3. The van der Waals surface area contributed by atoms with Gasteiger partial charge in [0, 0.05) is 24.8 Å². The van der Waals surface area contributed by atoms with Gasteiger partial charge >= 0.3 is 0 Å². The number of alkyl halides is 1. The number of carbonyl (C=O) groups is 1. The molecule has 6 heteroatoms. The monoisotopic (exact) mass is 298 g/mol. The molecule has 20 heavy (non-hydrogen) atoms. The smallest absolute Gasteiger partial charge is 0.258 e. The third-order valence-corrected chi connectivity index (χ3v) is 3.79. The second-order valence-corrected chi connectivity index (χ2v) is 5.34. The first-order chi connectivity index (χ1) is 9.60. The largest absolute Gasteiger partial charge is 0.478 e. The van der Waals surface area contributed by atoms with E-state index in [-0.39, 0.29) is 35.6 Å². The topological polar surface area (TPSA) is 60.3 Å². The molecule has 110 valence electrons. The van der Waals surface area contributed by atoms with Crippen LogP contribution in [0.1, 0.15) is 31.4 Å². The Bertz CT molecular complexity index is 536. The van der Waals surface area contributed by atoms with Crippen molar-refractivity contribution in [2.24, 2.45) is 7.05 Å². The van der Waals surface area contributed by atoms with Crippen molar-refractivity contribution in [2.75, 3.05) is 6.61 Å². The van der Waals surface area contributed by atoms with Crippen LogP contribution in [-0.4, -0.2) is 23.1 Å². The fourth-order valence-corrected chi connectivity index (χ4v) is 2.64. The van der Waals surface area contributed by atoms with Gasteiger partial charge in [0.15, 0.2) is 12.4 Å². The van der Waals surface area contributed by atoms with E-state index in [1.54, 1.807) is 17.8 Å². The van der Waals surface area contributed by atoms with Gasteiger partial charge in [0.05, 0.1) is 12.1 Å². The lowest BCUT2D eigenvalue weighted by Gasteiger charge is -2.13. The summed E-state index contributed by atoms with van der Waals surface area (Å²) in [5.74, 6) is 0.247. The first-order valence-corrected chi connectivity index (χ1v) is 7.31. The minimum Gasteiger partial charge on any atom is -0.478 e. The molecule has 1 amide bonds. The SMILES string of the molecule is Cn1cc(OCC(=O)NC2CCCC2)c(=O)cc1CCl. The van der Waals surface area contributed by atoms with E-state index in [4.69, 9.17) is 16.3 Å². The summed E-state index contributed by atoms with van der Waals surface area (Å²) in [5, 5.41) is 2.91. The predicted octanol–water partition coefficient (Wildman–Crippen LogP) is 1.56. The first kappa shape index (κ1) is 14.9. The minimum absolute atomic E-state index is 0.133. The van der Waals surface area contributed by atoms with E-state index in [0.717, 1.165) is 25.7 Å². The van der Waals surface area contributed by atoms with Gasteiger partial charge in [0.25, 0.3) is 5.91 Å². The maximum atomic E-state index is 11.8. The van der Waals surface area contributed by atoms with Gasteiger partial charge in [-0.2, -0.15) is 0 Å². The minimum atomic E-state index is -0.257. The molecule has 1 aromatic rings. The Morgan fingerprint density at radius 3 is 2.85 bits per heavy atom. The van der Waals surface area contributed by atoms with Crippen LogP contribution in [0.3, 0.4) is 0 Å². The molecule has 1 heterocycles. The number of pyridine rings is 1. The van der Waals surface area contributed by atoms with Gasteiger partial charge < -0.3 is 14.6 Å². The number of halogens is 1. The van der Waals surface area contributed by atoms with E-state index in [2.05, 4.69) is 5.32 Å². The molecule has 1 saturated carbocycles. The highest BCUT2D eigenvalue weighted by Crippen LogP contribution is 2.17. The van der Waals surface area contributed by atoms with Crippen molar-refractivity contribution in [1.82, 2.24) is 9.88 Å². The Morgan fingerprint density at radius 1 is 1.50 bits per heavy atom. The lowest BCUT2D eigenvalue weighted by Crippen LogP contribution is -2.36. The van der Waals surface area contributed by atoms with Crippen LogP contribution in [0.4, 0.5) is 0 Å². The van der Waals surface area contributed by atoms with Crippen LogP contribution in [0.5, 0.6) is 5.75 Å². The van der Waals surface area contributed by atoms with E-state index >= 15 is 0 Å². The van der Waals surface area contributed by atoms with E-state index in [1.807, 2.05) is 0 Å². The van der Waals surface area contributed by atoms with Gasteiger partial charge in [0.2, 0.25) is 5.43 Å². The first-order valence-electron chi connectivity index (χ1n) is 6.78. The highest BCUT2D eigenvalue weighted by molar-refractivity contribution is 6.16. The molecule has 1 aliphatic carbocycles. The molecule has 1 aromatic heterocycles. The molecule has 0 atom stereocenters. The zero-order valence-corrected chi connectivity index (χ0v) is 12.3. The third-order valence-electron chi connectivity index (χ3n) is 3.52. The molecular weight excluding hydrogens is 280 g/mol. The molecule has 0 bridgehead atoms. The summed E-state index contributed by atoms with van der Waals surface area (Å²) in [6.45, 7) is -0.133. The van der Waals surface area contributed by atoms with Crippen molar-refractivity contribution in [3.8, 4) is 5.75 Å². The number of rotatable bonds is 5. The average Bonchev–Trinajstić information content (AvgIpc) is 2.92. The van der Waals surface area contributed by atoms with Gasteiger partial charge in [0.1, 0.15) is 0 Å². The zero-order valence-electron chi connectivity index (χ0n) is 11.5. The van der Waals surface area contributed by atoms with Gasteiger partial charge in [-0.15, -0.1) is 11.6 Å². The van der Waals surface area contributed by atoms with Crippen molar-refractivity contribution in [3.63, 3.8) is 0 Å². The number of nitrogens with zero attached hydrogens (tertiary/aromatic N) is 1. The summed E-state index contributed by atoms with van der Waals surface area (Å²) in [6.07, 6.45) is 5.93. The Hall–Kier alpha value is -1.49. The van der Waals surface area contributed by atoms with Crippen LogP contribution in [0.15, 0.2) is 17.1 Å². The normalized spacial score (nSPS) is 15.3. The molecule has 1 fully saturated rings. The standard InChI is InChI=1S/C14H19ClN2O3/c1-17-8-13(12(18)6-11(17)7-15)20-9-14(19)16-10-4-2-3-5-10/h6,8,10H,2-5,7,9H2,1H3,(H,16,19). The fraction of sp³-hybridized carbons (Fsp3) is 0.571. The molecule has 0 aliphatic heterocycles. The summed E-state index contributed by atoms with van der Waals surface area (Å²) in [6, 6.07) is 1.68. The maximum Gasteiger partial charge on any atom is 0.258 e. The van der Waals surface area contributed by atoms with Crippen LogP contribution in [0.2, 0.25) is 0 Å². The Morgan fingerprint density at radius 2 is 2.20 bits per heavy atom. The zero-order chi connectivity index (χ0) is 14.5. The molecule has 5 nitrogen and oxygen atoms in total. The quantitative estimate of drug-likeness (QED) is 0.839. The van der Waals surface area contributed by atoms with E-state index in [9.17, 15) is 9.59 Å². The van der Waals surface area contributed by atoms with Crippen LogP contribution < -0.4 is 15.5 Å². The highest BCUT2D eigenvalue weighted by atomic mass is 35.5. The summed E-state index contributed by atoms with van der Waals surface area (Å²) < 4.78 is 7.02. The molecule has 0 unspecified atom stereocenters. The summed E-state index contributed by atoms with van der Waals surface area (Å²) in [7, 11) is 1.78. The van der Waals surface area contributed by atoms with Crippen LogP contribution in [0, 0.1) is 0 Å². The Kier molecular flexibility index (Phi) is 5.06. The fourth-order valence-electron chi connectivity index (χ4n) is 2.37. The van der Waals surface area contributed by atoms with Gasteiger partial charge in [-0.3, -0.25) is 9.59 Å². The number of carbonyl (C=O) groups excluding carboxylic acids is 1. The van der Waals surface area contributed by atoms with Gasteiger partial charge in [-0.1, -0.05) is 12.8 Å². The number of amides is 1. The van der Waals surface area contributed by atoms with Crippen molar-refractivity contribution in [1.29, 1.82) is 0 Å². The van der Waals surface area contributed by atoms with Gasteiger partial charge in [-0.25, -0.2) is 0 Å². The van der Waals surface area contributed by atoms with Crippen LogP contribution in [-0.2, 0) is 17.7 Å². The number of nitrogens with one attached hydrogen (secondary N) is 1. The molecule has 2 rings (SSSR count). The molecule has 0 aromatic carbocycles. The highest BCUT2D eigenvalue weighted by Gasteiger charge is 2.17. The van der Waals surface area contributed by atoms with Crippen molar-refractivity contribution in [2.45, 2.75) is 37.6 Å². The summed E-state index contributed by atoms with van der Waals surface area (Å²) >= 11 is 5.71. The molecule has 1 N–H and O–H groups in total. The number of aryl methyl sites for hydroxylation is 1. The van der Waals surface area contributed by atoms with Crippen molar-refractivity contribution >= 4 is 17.5 Å². The van der Waals surface area contributed by atoms with E-state index in [0.29, 0.717) is 5.69 Å². The van der Waals surface area contributed by atoms with E-state index in [1.165, 1.54) is 6.07 Å². The summed E-state index contributed by atoms with van der Waals surface area (Å²) in [4.78, 5) is 23.5. The number of ether oxygens (including phenoxy) is 1. The molecule has 1 aliphatic rings. The van der Waals surface area contributed by atoms with Crippen LogP contribution >= 0.6 is 11.6 Å². The third kappa shape index (κ3) is 3.76. The molecule has 0 saturated heterocycles. The van der Waals surface area contributed by atoms with Gasteiger partial charge in [-0.05, 0) is 12.8 Å². The lowest BCUT2D eigenvalue weighted by molar-refractivity contribution is -0.123. The Balaban J connectivity index is 1.91.